The maximum absolute atomic E-state index is 12.4. The quantitative estimate of drug-likeness (QED) is 0.810. The number of piperidine rings is 1. The van der Waals surface area contributed by atoms with E-state index >= 15 is 0 Å². The van der Waals surface area contributed by atoms with E-state index < -0.39 is 0 Å². The average molecular weight is 365 g/mol. The Labute approximate surface area is 148 Å². The molecule has 0 radical (unpaired) electrons. The molecule has 2 amide bonds. The van der Waals surface area contributed by atoms with Gasteiger partial charge in [0.15, 0.2) is 5.16 Å². The summed E-state index contributed by atoms with van der Waals surface area (Å²) in [6.45, 7) is 1.31. The molecule has 128 valence electrons. The van der Waals surface area contributed by atoms with Gasteiger partial charge in [0.2, 0.25) is 5.91 Å². The highest BCUT2D eigenvalue weighted by Crippen LogP contribution is 2.18. The Morgan fingerprint density at radius 3 is 3.08 bits per heavy atom. The number of carbonyl (C=O) groups is 2. The van der Waals surface area contributed by atoms with Crippen molar-refractivity contribution in [3.05, 3.63) is 28.7 Å². The molecule has 2 aromatic heterocycles. The monoisotopic (exact) mass is 365 g/mol. The number of amides is 2. The van der Waals surface area contributed by atoms with E-state index in [2.05, 4.69) is 15.5 Å². The molecule has 1 unspecified atom stereocenters. The molecule has 1 fully saturated rings. The molecule has 9 heteroatoms. The Morgan fingerprint density at radius 2 is 2.38 bits per heavy atom. The fourth-order valence-corrected chi connectivity index (χ4v) is 4.03. The summed E-state index contributed by atoms with van der Waals surface area (Å²) in [5.74, 6) is 0.304. The van der Waals surface area contributed by atoms with Crippen molar-refractivity contribution in [1.82, 2.24) is 25.0 Å². The Bertz CT molecular complexity index is 701. The molecule has 0 aliphatic carbocycles. The van der Waals surface area contributed by atoms with E-state index in [9.17, 15) is 9.59 Å². The van der Waals surface area contributed by atoms with Gasteiger partial charge < -0.3 is 14.8 Å². The van der Waals surface area contributed by atoms with Crippen molar-refractivity contribution in [1.29, 1.82) is 0 Å². The van der Waals surface area contributed by atoms with Gasteiger partial charge in [0.25, 0.3) is 5.91 Å². The largest absolute Gasteiger partial charge is 0.351 e. The molecule has 0 saturated carbocycles. The predicted octanol–water partition coefficient (Wildman–Crippen LogP) is 1.39. The minimum atomic E-state index is -0.0431. The van der Waals surface area contributed by atoms with Crippen LogP contribution in [-0.4, -0.2) is 56.4 Å². The van der Waals surface area contributed by atoms with Gasteiger partial charge in [-0.15, -0.1) is 21.5 Å². The first kappa shape index (κ1) is 17.0. The zero-order chi connectivity index (χ0) is 16.9. The van der Waals surface area contributed by atoms with Crippen LogP contribution in [0.5, 0.6) is 0 Å². The second-order valence-electron chi connectivity index (χ2n) is 5.65. The highest BCUT2D eigenvalue weighted by Gasteiger charge is 2.26. The van der Waals surface area contributed by atoms with Gasteiger partial charge in [-0.1, -0.05) is 17.8 Å². The van der Waals surface area contributed by atoms with Crippen LogP contribution in [0.3, 0.4) is 0 Å². The summed E-state index contributed by atoms with van der Waals surface area (Å²) in [5, 5.41) is 13.4. The third-order valence-corrected chi connectivity index (χ3v) is 5.70. The number of rotatable bonds is 5. The van der Waals surface area contributed by atoms with Crippen molar-refractivity contribution in [2.45, 2.75) is 24.0 Å². The molecule has 3 rings (SSSR count). The molecule has 0 aromatic carbocycles. The Balaban J connectivity index is 1.49. The number of hydrogen-bond acceptors (Lipinski definition) is 6. The highest BCUT2D eigenvalue weighted by molar-refractivity contribution is 7.99. The minimum Gasteiger partial charge on any atom is -0.351 e. The average Bonchev–Trinajstić information content (AvgIpc) is 3.24. The molecule has 1 aliphatic heterocycles. The maximum Gasteiger partial charge on any atom is 0.263 e. The lowest BCUT2D eigenvalue weighted by Crippen LogP contribution is -2.49. The van der Waals surface area contributed by atoms with Crippen LogP contribution in [0.25, 0.3) is 0 Å². The van der Waals surface area contributed by atoms with Gasteiger partial charge in [-0.05, 0) is 24.3 Å². The maximum atomic E-state index is 12.4. The number of hydrogen-bond donors (Lipinski definition) is 1. The third-order valence-electron chi connectivity index (χ3n) is 3.81. The van der Waals surface area contributed by atoms with Gasteiger partial charge in [0.1, 0.15) is 6.33 Å². The summed E-state index contributed by atoms with van der Waals surface area (Å²) >= 11 is 2.80. The SMILES string of the molecule is Cn1cnnc1SCC(=O)NC1CCCN(C(=O)c2cccs2)C1. The molecule has 1 N–H and O–H groups in total. The number of thiophene rings is 1. The molecule has 2 aromatic rings. The number of carbonyl (C=O) groups excluding carboxylic acids is 2. The molecule has 1 saturated heterocycles. The van der Waals surface area contributed by atoms with Crippen LogP contribution in [0.2, 0.25) is 0 Å². The number of nitrogens with zero attached hydrogens (tertiary/aromatic N) is 4. The molecule has 1 aliphatic rings. The normalized spacial score (nSPS) is 17.7. The Morgan fingerprint density at radius 1 is 1.50 bits per heavy atom. The van der Waals surface area contributed by atoms with Crippen LogP contribution < -0.4 is 5.32 Å². The molecular weight excluding hydrogens is 346 g/mol. The third kappa shape index (κ3) is 4.15. The van der Waals surface area contributed by atoms with Gasteiger partial charge in [-0.25, -0.2) is 0 Å². The van der Waals surface area contributed by atoms with Crippen LogP contribution in [0.1, 0.15) is 22.5 Å². The fourth-order valence-electron chi connectivity index (χ4n) is 2.64. The van der Waals surface area contributed by atoms with E-state index in [-0.39, 0.29) is 17.9 Å². The summed E-state index contributed by atoms with van der Waals surface area (Å²) in [5.41, 5.74) is 0. The van der Waals surface area contributed by atoms with Crippen LogP contribution in [0.4, 0.5) is 0 Å². The number of thioether (sulfide) groups is 1. The standard InChI is InChI=1S/C15H19N5O2S2/c1-19-10-16-18-15(19)24-9-13(21)17-11-4-2-6-20(8-11)14(22)12-5-3-7-23-12/h3,5,7,10-11H,2,4,6,8-9H2,1H3,(H,17,21). The smallest absolute Gasteiger partial charge is 0.263 e. The van der Waals surface area contributed by atoms with E-state index in [0.29, 0.717) is 17.5 Å². The predicted molar refractivity (Wildman–Crippen MR) is 93.1 cm³/mol. The van der Waals surface area contributed by atoms with Crippen molar-refractivity contribution < 1.29 is 9.59 Å². The van der Waals surface area contributed by atoms with Crippen molar-refractivity contribution in [2.75, 3.05) is 18.8 Å². The van der Waals surface area contributed by atoms with Crippen LogP contribution >= 0.6 is 23.1 Å². The lowest BCUT2D eigenvalue weighted by molar-refractivity contribution is -0.119. The molecule has 0 bridgehead atoms. The summed E-state index contributed by atoms with van der Waals surface area (Å²) in [6, 6.07) is 3.73. The van der Waals surface area contributed by atoms with Crippen molar-refractivity contribution in [2.24, 2.45) is 7.05 Å². The second-order valence-corrected chi connectivity index (χ2v) is 7.54. The molecule has 0 spiro atoms. The number of likely N-dealkylation sites (tertiary alicyclic amines) is 1. The number of nitrogens with one attached hydrogen (secondary N) is 1. The van der Waals surface area contributed by atoms with Crippen LogP contribution in [0, 0.1) is 0 Å². The summed E-state index contributed by atoms with van der Waals surface area (Å²) < 4.78 is 1.78. The lowest BCUT2D eigenvalue weighted by Gasteiger charge is -2.33. The molecular formula is C15H19N5O2S2. The van der Waals surface area contributed by atoms with Crippen LogP contribution in [0.15, 0.2) is 29.0 Å². The Hall–Kier alpha value is -1.87. The van der Waals surface area contributed by atoms with Gasteiger partial charge in [0.05, 0.1) is 10.6 Å². The molecule has 3 heterocycles. The topological polar surface area (TPSA) is 80.1 Å². The molecule has 24 heavy (non-hydrogen) atoms. The van der Waals surface area contributed by atoms with E-state index in [1.807, 2.05) is 29.5 Å². The van der Waals surface area contributed by atoms with E-state index in [0.717, 1.165) is 24.3 Å². The van der Waals surface area contributed by atoms with Crippen molar-refractivity contribution in [3.8, 4) is 0 Å². The van der Waals surface area contributed by atoms with E-state index in [1.165, 1.54) is 23.1 Å². The summed E-state index contributed by atoms with van der Waals surface area (Å²) in [7, 11) is 1.84. The number of aromatic nitrogens is 3. The van der Waals surface area contributed by atoms with E-state index in [1.54, 1.807) is 10.9 Å². The molecule has 7 nitrogen and oxygen atoms in total. The first-order chi connectivity index (χ1) is 11.6. The number of aryl methyl sites for hydroxylation is 1. The lowest BCUT2D eigenvalue weighted by atomic mass is 10.1. The second kappa shape index (κ2) is 7.80. The van der Waals surface area contributed by atoms with Gasteiger partial charge >= 0.3 is 0 Å². The zero-order valence-corrected chi connectivity index (χ0v) is 15.0. The van der Waals surface area contributed by atoms with Gasteiger partial charge in [-0.2, -0.15) is 0 Å². The molecule has 1 atom stereocenters. The van der Waals surface area contributed by atoms with E-state index in [4.69, 9.17) is 0 Å². The fraction of sp³-hybridized carbons (Fsp3) is 0.467. The van der Waals surface area contributed by atoms with Crippen molar-refractivity contribution in [3.63, 3.8) is 0 Å². The highest BCUT2D eigenvalue weighted by atomic mass is 32.2. The first-order valence-corrected chi connectivity index (χ1v) is 9.59. The van der Waals surface area contributed by atoms with Gasteiger partial charge in [-0.3, -0.25) is 9.59 Å². The van der Waals surface area contributed by atoms with Crippen molar-refractivity contribution >= 4 is 34.9 Å². The van der Waals surface area contributed by atoms with Gasteiger partial charge in [0, 0.05) is 26.2 Å². The first-order valence-electron chi connectivity index (χ1n) is 7.72. The summed E-state index contributed by atoms with van der Waals surface area (Å²) in [6.07, 6.45) is 3.41. The Kier molecular flexibility index (Phi) is 5.52. The minimum absolute atomic E-state index is 0.00950. The summed E-state index contributed by atoms with van der Waals surface area (Å²) in [4.78, 5) is 27.1. The zero-order valence-electron chi connectivity index (χ0n) is 13.3. The van der Waals surface area contributed by atoms with Crippen LogP contribution in [-0.2, 0) is 11.8 Å².